The molecule has 0 saturated heterocycles. The second-order valence-electron chi connectivity index (χ2n) is 4.35. The Morgan fingerprint density at radius 2 is 1.77 bits per heavy atom. The number of rotatable bonds is 3. The molecule has 0 aliphatic rings. The SMILES string of the molecule is CC(C)=NCC(C)(C)C(=O)N(C)C. The highest BCUT2D eigenvalue weighted by atomic mass is 16.2. The molecule has 3 nitrogen and oxygen atoms in total. The predicted octanol–water partition coefficient (Wildman–Crippen LogP) is 1.58. The first-order chi connectivity index (χ1) is 5.77. The van der Waals surface area contributed by atoms with Crippen molar-refractivity contribution < 1.29 is 4.79 Å². The van der Waals surface area contributed by atoms with Gasteiger partial charge >= 0.3 is 0 Å². The van der Waals surface area contributed by atoms with Gasteiger partial charge in [-0.15, -0.1) is 0 Å². The molecule has 0 radical (unpaired) electrons. The monoisotopic (exact) mass is 184 g/mol. The predicted molar refractivity (Wildman–Crippen MR) is 56.1 cm³/mol. The third kappa shape index (κ3) is 4.06. The quantitative estimate of drug-likeness (QED) is 0.613. The van der Waals surface area contributed by atoms with Crippen LogP contribution >= 0.6 is 0 Å². The zero-order valence-electron chi connectivity index (χ0n) is 9.51. The van der Waals surface area contributed by atoms with Gasteiger partial charge in [0.2, 0.25) is 5.91 Å². The fraction of sp³-hybridized carbons (Fsp3) is 0.800. The Labute approximate surface area is 80.8 Å². The lowest BCUT2D eigenvalue weighted by Gasteiger charge is -2.25. The second kappa shape index (κ2) is 4.40. The molecule has 0 rings (SSSR count). The van der Waals surface area contributed by atoms with E-state index in [0.717, 1.165) is 5.71 Å². The molecule has 0 spiro atoms. The molecular weight excluding hydrogens is 164 g/mol. The number of nitrogens with zero attached hydrogens (tertiary/aromatic N) is 2. The van der Waals surface area contributed by atoms with Crippen LogP contribution in [-0.2, 0) is 4.79 Å². The summed E-state index contributed by atoms with van der Waals surface area (Å²) in [6.07, 6.45) is 0. The van der Waals surface area contributed by atoms with E-state index in [1.165, 1.54) is 0 Å². The summed E-state index contributed by atoms with van der Waals surface area (Å²) in [5.41, 5.74) is 0.625. The zero-order chi connectivity index (χ0) is 10.6. The van der Waals surface area contributed by atoms with Crippen molar-refractivity contribution in [1.29, 1.82) is 0 Å². The van der Waals surface area contributed by atoms with E-state index in [0.29, 0.717) is 6.54 Å². The van der Waals surface area contributed by atoms with Gasteiger partial charge in [0.05, 0.1) is 12.0 Å². The minimum atomic E-state index is -0.388. The molecule has 0 N–H and O–H groups in total. The van der Waals surface area contributed by atoms with Gasteiger partial charge in [-0.1, -0.05) is 0 Å². The molecule has 0 heterocycles. The van der Waals surface area contributed by atoms with Gasteiger partial charge in [-0.25, -0.2) is 0 Å². The topological polar surface area (TPSA) is 32.7 Å². The van der Waals surface area contributed by atoms with Crippen LogP contribution in [0.3, 0.4) is 0 Å². The molecule has 1 amide bonds. The van der Waals surface area contributed by atoms with Crippen molar-refractivity contribution in [1.82, 2.24) is 4.90 Å². The van der Waals surface area contributed by atoms with Crippen LogP contribution < -0.4 is 0 Å². The first-order valence-corrected chi connectivity index (χ1v) is 4.47. The Bertz CT molecular complexity index is 213. The Morgan fingerprint density at radius 1 is 1.31 bits per heavy atom. The summed E-state index contributed by atoms with van der Waals surface area (Å²) in [5.74, 6) is 0.123. The summed E-state index contributed by atoms with van der Waals surface area (Å²) < 4.78 is 0. The maximum absolute atomic E-state index is 11.6. The molecule has 0 aromatic heterocycles. The standard InChI is InChI=1S/C10H20N2O/c1-8(2)11-7-10(3,4)9(13)12(5)6/h7H2,1-6H3. The Balaban J connectivity index is 4.40. The van der Waals surface area contributed by atoms with Crippen molar-refractivity contribution in [2.45, 2.75) is 27.7 Å². The fourth-order valence-electron chi connectivity index (χ4n) is 1.03. The lowest BCUT2D eigenvalue weighted by atomic mass is 9.92. The van der Waals surface area contributed by atoms with E-state index in [4.69, 9.17) is 0 Å². The van der Waals surface area contributed by atoms with Crippen molar-refractivity contribution in [3.8, 4) is 0 Å². The molecule has 0 bridgehead atoms. The average molecular weight is 184 g/mol. The van der Waals surface area contributed by atoms with Crippen LogP contribution in [0.25, 0.3) is 0 Å². The van der Waals surface area contributed by atoms with Crippen molar-refractivity contribution >= 4 is 11.6 Å². The molecular formula is C10H20N2O. The van der Waals surface area contributed by atoms with Crippen molar-refractivity contribution in [3.63, 3.8) is 0 Å². The van der Waals surface area contributed by atoms with E-state index >= 15 is 0 Å². The number of carbonyl (C=O) groups is 1. The first kappa shape index (κ1) is 12.1. The molecule has 0 aromatic carbocycles. The van der Waals surface area contributed by atoms with E-state index in [1.54, 1.807) is 19.0 Å². The minimum Gasteiger partial charge on any atom is -0.348 e. The average Bonchev–Trinajstić information content (AvgIpc) is 1.99. The van der Waals surface area contributed by atoms with Crippen LogP contribution in [0.15, 0.2) is 4.99 Å². The smallest absolute Gasteiger partial charge is 0.229 e. The van der Waals surface area contributed by atoms with Gasteiger partial charge in [-0.05, 0) is 27.7 Å². The molecule has 0 unspecified atom stereocenters. The molecule has 0 saturated carbocycles. The molecule has 0 aliphatic carbocycles. The van der Waals surface area contributed by atoms with Crippen molar-refractivity contribution in [2.24, 2.45) is 10.4 Å². The molecule has 0 aromatic rings. The van der Waals surface area contributed by atoms with E-state index in [-0.39, 0.29) is 11.3 Å². The minimum absolute atomic E-state index is 0.123. The number of carbonyl (C=O) groups excluding carboxylic acids is 1. The van der Waals surface area contributed by atoms with E-state index < -0.39 is 0 Å². The number of amides is 1. The highest BCUT2D eigenvalue weighted by molar-refractivity contribution is 5.83. The fourth-order valence-corrected chi connectivity index (χ4v) is 1.03. The van der Waals surface area contributed by atoms with Gasteiger partial charge in [0.15, 0.2) is 0 Å². The molecule has 0 fully saturated rings. The van der Waals surface area contributed by atoms with Crippen molar-refractivity contribution in [3.05, 3.63) is 0 Å². The van der Waals surface area contributed by atoms with Crippen LogP contribution in [-0.4, -0.2) is 37.2 Å². The summed E-state index contributed by atoms with van der Waals surface area (Å²) in [6, 6.07) is 0. The van der Waals surface area contributed by atoms with Crippen LogP contribution in [0.1, 0.15) is 27.7 Å². The van der Waals surface area contributed by atoms with Gasteiger partial charge in [0.25, 0.3) is 0 Å². The van der Waals surface area contributed by atoms with Crippen LogP contribution in [0.5, 0.6) is 0 Å². The van der Waals surface area contributed by atoms with Gasteiger partial charge < -0.3 is 4.90 Å². The van der Waals surface area contributed by atoms with Crippen LogP contribution in [0.4, 0.5) is 0 Å². The Morgan fingerprint density at radius 3 is 2.08 bits per heavy atom. The van der Waals surface area contributed by atoms with E-state index in [2.05, 4.69) is 4.99 Å². The maximum atomic E-state index is 11.6. The molecule has 0 aliphatic heterocycles. The molecule has 13 heavy (non-hydrogen) atoms. The maximum Gasteiger partial charge on any atom is 0.229 e. The summed E-state index contributed by atoms with van der Waals surface area (Å²) in [5, 5.41) is 0. The van der Waals surface area contributed by atoms with Gasteiger partial charge in [-0.3, -0.25) is 9.79 Å². The third-order valence-electron chi connectivity index (χ3n) is 1.78. The Kier molecular flexibility index (Phi) is 4.11. The van der Waals surface area contributed by atoms with Gasteiger partial charge in [0, 0.05) is 19.8 Å². The zero-order valence-corrected chi connectivity index (χ0v) is 9.51. The summed E-state index contributed by atoms with van der Waals surface area (Å²) in [7, 11) is 3.54. The third-order valence-corrected chi connectivity index (χ3v) is 1.78. The van der Waals surface area contributed by atoms with Gasteiger partial charge in [0.1, 0.15) is 0 Å². The highest BCUT2D eigenvalue weighted by Crippen LogP contribution is 2.18. The summed E-state index contributed by atoms with van der Waals surface area (Å²) in [4.78, 5) is 17.5. The van der Waals surface area contributed by atoms with Crippen molar-refractivity contribution in [2.75, 3.05) is 20.6 Å². The number of hydrogen-bond acceptors (Lipinski definition) is 2. The van der Waals surface area contributed by atoms with Crippen LogP contribution in [0, 0.1) is 5.41 Å². The normalized spacial score (nSPS) is 10.9. The lowest BCUT2D eigenvalue weighted by molar-refractivity contribution is -0.137. The molecule has 76 valence electrons. The van der Waals surface area contributed by atoms with Gasteiger partial charge in [-0.2, -0.15) is 0 Å². The molecule has 3 heteroatoms. The van der Waals surface area contributed by atoms with E-state index in [9.17, 15) is 4.79 Å². The lowest BCUT2D eigenvalue weighted by Crippen LogP contribution is -2.38. The highest BCUT2D eigenvalue weighted by Gasteiger charge is 2.28. The summed E-state index contributed by atoms with van der Waals surface area (Å²) in [6.45, 7) is 8.28. The summed E-state index contributed by atoms with van der Waals surface area (Å²) >= 11 is 0. The van der Waals surface area contributed by atoms with Crippen LogP contribution in [0.2, 0.25) is 0 Å². The number of hydrogen-bond donors (Lipinski definition) is 0. The van der Waals surface area contributed by atoms with E-state index in [1.807, 2.05) is 27.7 Å². The molecule has 0 atom stereocenters. The largest absolute Gasteiger partial charge is 0.348 e. The first-order valence-electron chi connectivity index (χ1n) is 4.47. The second-order valence-corrected chi connectivity index (χ2v) is 4.35. The number of aliphatic imine (C=N–C) groups is 1. The Hall–Kier alpha value is -0.860.